The van der Waals surface area contributed by atoms with E-state index >= 15 is 0 Å². The molecule has 2 rings (SSSR count). The zero-order chi connectivity index (χ0) is 14.9. The summed E-state index contributed by atoms with van der Waals surface area (Å²) in [6.45, 7) is 0.114. The monoisotopic (exact) mass is 287 g/mol. The molecule has 0 aliphatic carbocycles. The Morgan fingerprint density at radius 3 is 2.35 bits per heavy atom. The molecule has 1 unspecified atom stereocenters. The molecule has 0 radical (unpaired) electrons. The van der Waals surface area contributed by atoms with Crippen molar-refractivity contribution in [3.05, 3.63) is 35.1 Å². The van der Waals surface area contributed by atoms with Gasteiger partial charge in [0.2, 0.25) is 0 Å². The third kappa shape index (κ3) is 2.76. The third-order valence-corrected chi connectivity index (χ3v) is 3.28. The van der Waals surface area contributed by atoms with Crippen LogP contribution in [-0.2, 0) is 4.79 Å². The summed E-state index contributed by atoms with van der Waals surface area (Å²) in [4.78, 5) is 24.0. The number of rotatable bonds is 2. The van der Waals surface area contributed by atoms with Crippen LogP contribution in [0.3, 0.4) is 0 Å². The second kappa shape index (κ2) is 5.52. The summed E-state index contributed by atoms with van der Waals surface area (Å²) in [5, 5.41) is 8.92. The molecule has 1 saturated heterocycles. The number of amides is 1. The van der Waals surface area contributed by atoms with E-state index in [-0.39, 0.29) is 13.1 Å². The summed E-state index contributed by atoms with van der Waals surface area (Å²) in [7, 11) is 0. The molecule has 1 N–H and O–H groups in total. The number of hydrogen-bond acceptors (Lipinski definition) is 2. The molecule has 0 bridgehead atoms. The van der Waals surface area contributed by atoms with Crippen LogP contribution in [0.2, 0.25) is 0 Å². The first-order valence-electron chi connectivity index (χ1n) is 6.06. The van der Waals surface area contributed by atoms with Gasteiger partial charge >= 0.3 is 5.97 Å². The van der Waals surface area contributed by atoms with E-state index in [4.69, 9.17) is 5.11 Å². The lowest BCUT2D eigenvalue weighted by Crippen LogP contribution is -2.42. The molecule has 4 nitrogen and oxygen atoms in total. The summed E-state index contributed by atoms with van der Waals surface area (Å²) in [5.74, 6) is -6.44. The first-order valence-corrected chi connectivity index (χ1v) is 6.06. The molecule has 1 amide bonds. The summed E-state index contributed by atoms with van der Waals surface area (Å²) in [6, 6.07) is 0.851. The smallest absolute Gasteiger partial charge is 0.308 e. The van der Waals surface area contributed by atoms with Crippen LogP contribution >= 0.6 is 0 Å². The molecule has 1 heterocycles. The van der Waals surface area contributed by atoms with E-state index in [9.17, 15) is 22.8 Å². The fourth-order valence-electron chi connectivity index (χ4n) is 2.27. The molecule has 20 heavy (non-hydrogen) atoms. The molecule has 0 spiro atoms. The second-order valence-electron chi connectivity index (χ2n) is 4.67. The molecule has 1 aliphatic heterocycles. The van der Waals surface area contributed by atoms with Crippen molar-refractivity contribution in [3.63, 3.8) is 0 Å². The van der Waals surface area contributed by atoms with Gasteiger partial charge < -0.3 is 10.0 Å². The molecule has 1 aliphatic rings. The Balaban J connectivity index is 2.25. The maximum absolute atomic E-state index is 13.5. The maximum atomic E-state index is 13.5. The van der Waals surface area contributed by atoms with Gasteiger partial charge in [0.15, 0.2) is 0 Å². The predicted molar refractivity (Wildman–Crippen MR) is 62.6 cm³/mol. The largest absolute Gasteiger partial charge is 0.481 e. The maximum Gasteiger partial charge on any atom is 0.308 e. The van der Waals surface area contributed by atoms with Gasteiger partial charge in [-0.05, 0) is 12.8 Å². The standard InChI is InChI=1S/C13H12F3NO3/c14-8-4-9(15)11(10(16)5-8)12(18)17-3-1-2-7(6-17)13(19)20/h4-5,7H,1-3,6H2,(H,19,20). The second-order valence-corrected chi connectivity index (χ2v) is 4.67. The summed E-state index contributed by atoms with van der Waals surface area (Å²) in [6.07, 6.45) is 0.848. The highest BCUT2D eigenvalue weighted by Crippen LogP contribution is 2.22. The molecular weight excluding hydrogens is 275 g/mol. The van der Waals surface area contributed by atoms with Crippen LogP contribution < -0.4 is 0 Å². The fourth-order valence-corrected chi connectivity index (χ4v) is 2.27. The zero-order valence-corrected chi connectivity index (χ0v) is 10.4. The number of hydrogen-bond donors (Lipinski definition) is 1. The van der Waals surface area contributed by atoms with Crippen LogP contribution in [0.1, 0.15) is 23.2 Å². The number of likely N-dealkylation sites (tertiary alicyclic amines) is 1. The Labute approximate surface area is 112 Å². The van der Waals surface area contributed by atoms with E-state index in [0.29, 0.717) is 25.0 Å². The molecule has 1 atom stereocenters. The summed E-state index contributed by atoms with van der Waals surface area (Å²) < 4.78 is 39.9. The minimum Gasteiger partial charge on any atom is -0.481 e. The van der Waals surface area contributed by atoms with E-state index in [1.54, 1.807) is 0 Å². The van der Waals surface area contributed by atoms with Crippen molar-refractivity contribution in [2.45, 2.75) is 12.8 Å². The van der Waals surface area contributed by atoms with Gasteiger partial charge in [-0.15, -0.1) is 0 Å². The Kier molecular flexibility index (Phi) is 3.96. The molecule has 0 saturated carbocycles. The van der Waals surface area contributed by atoms with Gasteiger partial charge in [0.1, 0.15) is 23.0 Å². The molecular formula is C13H12F3NO3. The number of carboxylic acid groups (broad SMARTS) is 1. The highest BCUT2D eigenvalue weighted by Gasteiger charge is 2.31. The summed E-state index contributed by atoms with van der Waals surface area (Å²) in [5.41, 5.74) is -0.850. The van der Waals surface area contributed by atoms with Crippen molar-refractivity contribution < 1.29 is 27.9 Å². The zero-order valence-electron chi connectivity index (χ0n) is 10.4. The number of aliphatic carboxylic acids is 1. The number of nitrogens with zero attached hydrogens (tertiary/aromatic N) is 1. The Bertz CT molecular complexity index is 539. The molecule has 0 aromatic heterocycles. The molecule has 1 fully saturated rings. The van der Waals surface area contributed by atoms with Crippen molar-refractivity contribution in [2.24, 2.45) is 5.92 Å². The number of piperidine rings is 1. The SMILES string of the molecule is O=C(O)C1CCCN(C(=O)c2c(F)cc(F)cc2F)C1. The first-order chi connectivity index (χ1) is 9.40. The van der Waals surface area contributed by atoms with Crippen molar-refractivity contribution in [1.82, 2.24) is 4.90 Å². The Morgan fingerprint density at radius 2 is 1.80 bits per heavy atom. The van der Waals surface area contributed by atoms with Crippen molar-refractivity contribution in [1.29, 1.82) is 0 Å². The number of carbonyl (C=O) groups excluding carboxylic acids is 1. The number of carboxylic acids is 1. The van der Waals surface area contributed by atoms with Gasteiger partial charge in [-0.1, -0.05) is 0 Å². The van der Waals surface area contributed by atoms with Gasteiger partial charge in [-0.2, -0.15) is 0 Å². The third-order valence-electron chi connectivity index (χ3n) is 3.28. The average molecular weight is 287 g/mol. The lowest BCUT2D eigenvalue weighted by Gasteiger charge is -2.30. The van der Waals surface area contributed by atoms with E-state index in [1.165, 1.54) is 0 Å². The topological polar surface area (TPSA) is 57.6 Å². The van der Waals surface area contributed by atoms with Crippen molar-refractivity contribution >= 4 is 11.9 Å². The predicted octanol–water partition coefficient (Wildman–Crippen LogP) is 2.04. The minimum atomic E-state index is -1.29. The van der Waals surface area contributed by atoms with E-state index < -0.39 is 40.8 Å². The van der Waals surface area contributed by atoms with Crippen LogP contribution in [0, 0.1) is 23.4 Å². The number of carbonyl (C=O) groups is 2. The molecule has 1 aromatic rings. The van der Waals surface area contributed by atoms with E-state index in [2.05, 4.69) is 0 Å². The fraction of sp³-hybridized carbons (Fsp3) is 0.385. The highest BCUT2D eigenvalue weighted by atomic mass is 19.1. The number of benzene rings is 1. The lowest BCUT2D eigenvalue weighted by atomic mass is 9.97. The normalized spacial score (nSPS) is 18.9. The average Bonchev–Trinajstić information content (AvgIpc) is 2.37. The van der Waals surface area contributed by atoms with Gasteiger partial charge in [0, 0.05) is 25.2 Å². The van der Waals surface area contributed by atoms with Gasteiger partial charge in [-0.3, -0.25) is 9.59 Å². The molecule has 7 heteroatoms. The first kappa shape index (κ1) is 14.4. The van der Waals surface area contributed by atoms with Crippen LogP contribution in [-0.4, -0.2) is 35.0 Å². The Morgan fingerprint density at radius 1 is 1.20 bits per heavy atom. The lowest BCUT2D eigenvalue weighted by molar-refractivity contribution is -0.143. The van der Waals surface area contributed by atoms with Crippen LogP contribution in [0.25, 0.3) is 0 Å². The number of halogens is 3. The summed E-state index contributed by atoms with van der Waals surface area (Å²) >= 11 is 0. The quantitative estimate of drug-likeness (QED) is 0.905. The van der Waals surface area contributed by atoms with Crippen LogP contribution in [0.5, 0.6) is 0 Å². The van der Waals surface area contributed by atoms with Crippen molar-refractivity contribution in [3.8, 4) is 0 Å². The Hall–Kier alpha value is -2.05. The minimum absolute atomic E-state index is 0.107. The van der Waals surface area contributed by atoms with Gasteiger partial charge in [0.05, 0.1) is 5.92 Å². The van der Waals surface area contributed by atoms with Crippen LogP contribution in [0.4, 0.5) is 13.2 Å². The van der Waals surface area contributed by atoms with Crippen LogP contribution in [0.15, 0.2) is 12.1 Å². The molecule has 1 aromatic carbocycles. The molecule has 108 valence electrons. The van der Waals surface area contributed by atoms with E-state index in [0.717, 1.165) is 4.90 Å². The van der Waals surface area contributed by atoms with Gasteiger partial charge in [0.25, 0.3) is 5.91 Å². The van der Waals surface area contributed by atoms with Gasteiger partial charge in [-0.25, -0.2) is 13.2 Å². The highest BCUT2D eigenvalue weighted by molar-refractivity contribution is 5.95. The van der Waals surface area contributed by atoms with Crippen molar-refractivity contribution in [2.75, 3.05) is 13.1 Å². The van der Waals surface area contributed by atoms with E-state index in [1.807, 2.05) is 0 Å².